The van der Waals surface area contributed by atoms with Crippen molar-refractivity contribution in [3.63, 3.8) is 0 Å². The number of methoxy groups -OCH3 is 1. The Morgan fingerprint density at radius 3 is 2.50 bits per heavy atom. The minimum absolute atomic E-state index is 0.163. The molecule has 0 aliphatic carbocycles. The van der Waals surface area contributed by atoms with Crippen LogP contribution in [0, 0.1) is 5.92 Å². The number of imide groups is 1. The van der Waals surface area contributed by atoms with Gasteiger partial charge in [-0.3, -0.25) is 19.3 Å². The summed E-state index contributed by atoms with van der Waals surface area (Å²) < 4.78 is 5.10. The summed E-state index contributed by atoms with van der Waals surface area (Å²) in [6.07, 6.45) is 1.62. The van der Waals surface area contributed by atoms with Gasteiger partial charge in [-0.25, -0.2) is 4.79 Å². The zero-order valence-corrected chi connectivity index (χ0v) is 17.3. The molecule has 0 aromatic heterocycles. The number of carbonyl (C=O) groups is 4. The summed E-state index contributed by atoms with van der Waals surface area (Å²) in [6.45, 7) is 0.736. The van der Waals surface area contributed by atoms with Gasteiger partial charge in [-0.1, -0.05) is 30.3 Å². The Morgan fingerprint density at radius 1 is 1.13 bits per heavy atom. The zero-order valence-electron chi connectivity index (χ0n) is 17.3. The van der Waals surface area contributed by atoms with Gasteiger partial charge in [-0.15, -0.1) is 0 Å². The molecule has 9 nitrogen and oxygen atoms in total. The number of amides is 4. The molecule has 2 aliphatic rings. The van der Waals surface area contributed by atoms with E-state index in [0.717, 1.165) is 4.90 Å². The smallest absolute Gasteiger partial charge is 0.327 e. The van der Waals surface area contributed by atoms with Gasteiger partial charge in [0.1, 0.15) is 11.9 Å². The maximum atomic E-state index is 12.9. The Morgan fingerprint density at radius 2 is 1.83 bits per heavy atom. The van der Waals surface area contributed by atoms with Crippen molar-refractivity contribution < 1.29 is 23.9 Å². The fraction of sp³-hybridized carbons (Fsp3) is 0.429. The molecular weight excluding hydrogens is 388 g/mol. The van der Waals surface area contributed by atoms with E-state index in [1.165, 1.54) is 11.9 Å². The van der Waals surface area contributed by atoms with Crippen LogP contribution in [0.1, 0.15) is 16.8 Å². The standard InChI is InChI=1S/C21H26N4O5/c1-23-19-15(20(28)24(2)21(23)29)12-16(25(19)10-7-11-30-3)18(27)22-13-17(26)14-8-5-4-6-9-14/h4-6,8-9,12,15,19H,7,10-11,13H2,1-3H3,(H,22,27). The number of urea groups is 1. The third-order valence-electron chi connectivity index (χ3n) is 5.37. The zero-order chi connectivity index (χ0) is 21.8. The van der Waals surface area contributed by atoms with E-state index < -0.39 is 24.0 Å². The first-order chi connectivity index (χ1) is 14.4. The van der Waals surface area contributed by atoms with Crippen molar-refractivity contribution in [3.8, 4) is 0 Å². The first kappa shape index (κ1) is 21.5. The minimum Gasteiger partial charge on any atom is -0.385 e. The monoisotopic (exact) mass is 414 g/mol. The molecule has 1 aromatic rings. The third-order valence-corrected chi connectivity index (χ3v) is 5.37. The number of rotatable bonds is 8. The lowest BCUT2D eigenvalue weighted by Crippen LogP contribution is -2.62. The Bertz CT molecular complexity index is 869. The molecule has 2 aliphatic heterocycles. The maximum Gasteiger partial charge on any atom is 0.327 e. The second kappa shape index (κ2) is 9.08. The van der Waals surface area contributed by atoms with E-state index in [0.29, 0.717) is 25.1 Å². The molecule has 1 aromatic carbocycles. The number of hydrogen-bond acceptors (Lipinski definition) is 6. The summed E-state index contributed by atoms with van der Waals surface area (Å²) in [6, 6.07) is 8.27. The largest absolute Gasteiger partial charge is 0.385 e. The molecule has 0 saturated carbocycles. The molecule has 2 unspecified atom stereocenters. The lowest BCUT2D eigenvalue weighted by molar-refractivity contribution is -0.137. The fourth-order valence-electron chi connectivity index (χ4n) is 3.82. The fourth-order valence-corrected chi connectivity index (χ4v) is 3.82. The van der Waals surface area contributed by atoms with Crippen LogP contribution in [-0.2, 0) is 14.3 Å². The van der Waals surface area contributed by atoms with Crippen molar-refractivity contribution in [2.45, 2.75) is 12.6 Å². The van der Waals surface area contributed by atoms with Gasteiger partial charge in [0.2, 0.25) is 5.91 Å². The average molecular weight is 414 g/mol. The Kier molecular flexibility index (Phi) is 6.51. The summed E-state index contributed by atoms with van der Waals surface area (Å²) in [5.74, 6) is -1.68. The van der Waals surface area contributed by atoms with Gasteiger partial charge in [0, 0.05) is 39.9 Å². The highest BCUT2D eigenvalue weighted by Gasteiger charge is 2.50. The van der Waals surface area contributed by atoms with E-state index in [1.807, 2.05) is 6.07 Å². The quantitative estimate of drug-likeness (QED) is 0.496. The molecule has 3 rings (SSSR count). The van der Waals surface area contributed by atoms with Crippen molar-refractivity contribution in [2.24, 2.45) is 5.92 Å². The normalized spacial score (nSPS) is 20.9. The van der Waals surface area contributed by atoms with Crippen LogP contribution in [-0.4, -0.2) is 85.4 Å². The van der Waals surface area contributed by atoms with Crippen LogP contribution in [0.4, 0.5) is 4.79 Å². The van der Waals surface area contributed by atoms with E-state index >= 15 is 0 Å². The molecule has 0 spiro atoms. The summed E-state index contributed by atoms with van der Waals surface area (Å²) in [4.78, 5) is 54.6. The van der Waals surface area contributed by atoms with Crippen LogP contribution in [0.25, 0.3) is 0 Å². The van der Waals surface area contributed by atoms with E-state index in [-0.39, 0.29) is 23.9 Å². The lowest BCUT2D eigenvalue weighted by Gasteiger charge is -2.43. The number of ether oxygens (including phenoxy) is 1. The van der Waals surface area contributed by atoms with Gasteiger partial charge in [-0.2, -0.15) is 0 Å². The Balaban J connectivity index is 1.77. The lowest BCUT2D eigenvalue weighted by atomic mass is 10.0. The van der Waals surface area contributed by atoms with Crippen molar-refractivity contribution in [1.82, 2.24) is 20.0 Å². The number of Topliss-reactive ketones (excluding diaryl/α,β-unsaturated/α-hetero) is 1. The van der Waals surface area contributed by atoms with Gasteiger partial charge in [-0.05, 0) is 12.5 Å². The number of nitrogens with one attached hydrogen (secondary N) is 1. The van der Waals surface area contributed by atoms with E-state index in [4.69, 9.17) is 4.74 Å². The van der Waals surface area contributed by atoms with Crippen molar-refractivity contribution in [3.05, 3.63) is 47.7 Å². The maximum absolute atomic E-state index is 12.9. The number of carbonyl (C=O) groups excluding carboxylic acids is 4. The molecule has 1 fully saturated rings. The molecule has 2 atom stereocenters. The minimum atomic E-state index is -0.647. The van der Waals surface area contributed by atoms with Gasteiger partial charge < -0.3 is 19.9 Å². The number of hydrogen-bond donors (Lipinski definition) is 1. The summed E-state index contributed by atoms with van der Waals surface area (Å²) >= 11 is 0. The molecule has 160 valence electrons. The van der Waals surface area contributed by atoms with Crippen LogP contribution in [0.5, 0.6) is 0 Å². The molecule has 0 radical (unpaired) electrons. The van der Waals surface area contributed by atoms with Gasteiger partial charge >= 0.3 is 6.03 Å². The van der Waals surface area contributed by atoms with Crippen LogP contribution in [0.3, 0.4) is 0 Å². The molecule has 2 heterocycles. The predicted octanol–water partition coefficient (Wildman–Crippen LogP) is 0.688. The number of fused-ring (bicyclic) bond motifs is 1. The number of ketones is 1. The molecule has 30 heavy (non-hydrogen) atoms. The van der Waals surface area contributed by atoms with Crippen LogP contribution < -0.4 is 5.32 Å². The molecular formula is C21H26N4O5. The highest BCUT2D eigenvalue weighted by atomic mass is 16.5. The SMILES string of the molecule is COCCCN1C(C(=O)NCC(=O)c2ccccc2)=CC2C(=O)N(C)C(=O)N(C)C21. The van der Waals surface area contributed by atoms with Crippen molar-refractivity contribution in [1.29, 1.82) is 0 Å². The number of benzene rings is 1. The molecule has 9 heteroatoms. The number of nitrogens with zero attached hydrogens (tertiary/aromatic N) is 3. The van der Waals surface area contributed by atoms with Crippen LogP contribution in [0.2, 0.25) is 0 Å². The van der Waals surface area contributed by atoms with Gasteiger partial charge in [0.05, 0.1) is 12.5 Å². The van der Waals surface area contributed by atoms with Crippen LogP contribution in [0.15, 0.2) is 42.1 Å². The summed E-state index contributed by atoms with van der Waals surface area (Å²) in [5.41, 5.74) is 0.788. The average Bonchev–Trinajstić information content (AvgIpc) is 3.15. The van der Waals surface area contributed by atoms with Crippen LogP contribution >= 0.6 is 0 Å². The van der Waals surface area contributed by atoms with E-state index in [1.54, 1.807) is 49.4 Å². The topological polar surface area (TPSA) is 99.3 Å². The first-order valence-corrected chi connectivity index (χ1v) is 9.75. The molecule has 0 bridgehead atoms. The summed E-state index contributed by atoms with van der Waals surface area (Å²) in [5, 5.41) is 2.65. The van der Waals surface area contributed by atoms with E-state index in [9.17, 15) is 19.2 Å². The molecule has 1 N–H and O–H groups in total. The summed E-state index contributed by atoms with van der Waals surface area (Å²) in [7, 11) is 4.62. The van der Waals surface area contributed by atoms with Crippen molar-refractivity contribution >= 4 is 23.6 Å². The Hall–Kier alpha value is -3.20. The van der Waals surface area contributed by atoms with Gasteiger partial charge in [0.25, 0.3) is 5.91 Å². The highest BCUT2D eigenvalue weighted by molar-refractivity contribution is 6.04. The second-order valence-corrected chi connectivity index (χ2v) is 7.29. The predicted molar refractivity (Wildman–Crippen MR) is 108 cm³/mol. The molecule has 4 amide bonds. The van der Waals surface area contributed by atoms with Crippen molar-refractivity contribution in [2.75, 3.05) is 40.9 Å². The van der Waals surface area contributed by atoms with Gasteiger partial charge in [0.15, 0.2) is 5.78 Å². The third kappa shape index (κ3) is 4.06. The first-order valence-electron chi connectivity index (χ1n) is 9.75. The highest BCUT2D eigenvalue weighted by Crippen LogP contribution is 2.34. The molecule has 1 saturated heterocycles. The van der Waals surface area contributed by atoms with E-state index in [2.05, 4.69) is 5.32 Å². The Labute approximate surface area is 175 Å². The second-order valence-electron chi connectivity index (χ2n) is 7.29.